The third-order valence-electron chi connectivity index (χ3n) is 3.87. The minimum Gasteiger partial charge on any atom is -0.474 e. The number of nitrogens with zero attached hydrogens (tertiary/aromatic N) is 1. The lowest BCUT2D eigenvalue weighted by Gasteiger charge is -2.33. The first-order valence-corrected chi connectivity index (χ1v) is 6.78. The smallest absolute Gasteiger partial charge is 0.217 e. The number of ether oxygens (including phenoxy) is 2. The Hall–Kier alpha value is -1.13. The molecule has 2 heterocycles. The van der Waals surface area contributed by atoms with Crippen molar-refractivity contribution in [2.24, 2.45) is 5.73 Å². The summed E-state index contributed by atoms with van der Waals surface area (Å²) in [4.78, 5) is 4.40. The lowest BCUT2D eigenvalue weighted by Crippen LogP contribution is -2.43. The van der Waals surface area contributed by atoms with Gasteiger partial charge in [0.15, 0.2) is 0 Å². The van der Waals surface area contributed by atoms with E-state index in [9.17, 15) is 0 Å². The molecule has 0 spiro atoms. The number of hydrogen-bond donors (Lipinski definition) is 1. The highest BCUT2D eigenvalue weighted by molar-refractivity contribution is 5.30. The molecule has 2 N–H and O–H groups in total. The Balaban J connectivity index is 1.72. The molecule has 0 aromatic carbocycles. The van der Waals surface area contributed by atoms with Crippen molar-refractivity contribution in [3.8, 4) is 5.88 Å². The number of pyridine rings is 1. The lowest BCUT2D eigenvalue weighted by atomic mass is 9.89. The fourth-order valence-electron chi connectivity index (χ4n) is 2.68. The van der Waals surface area contributed by atoms with E-state index in [-0.39, 0.29) is 6.10 Å². The van der Waals surface area contributed by atoms with Crippen LogP contribution in [0.1, 0.15) is 37.2 Å². The molecule has 4 nitrogen and oxygen atoms in total. The SMILES string of the molecule is N[C@H]1C[C@H](Oc2ncccc2C2CCOCC2)C1. The Morgan fingerprint density at radius 1 is 1.28 bits per heavy atom. The molecule has 1 aliphatic heterocycles. The summed E-state index contributed by atoms with van der Waals surface area (Å²) in [6.45, 7) is 1.68. The monoisotopic (exact) mass is 248 g/mol. The number of nitrogens with two attached hydrogens (primary N) is 1. The van der Waals surface area contributed by atoms with Gasteiger partial charge in [-0.1, -0.05) is 6.07 Å². The molecule has 1 saturated heterocycles. The number of aromatic nitrogens is 1. The first-order valence-electron chi connectivity index (χ1n) is 6.78. The molecule has 2 fully saturated rings. The molecule has 0 radical (unpaired) electrons. The van der Waals surface area contributed by atoms with Gasteiger partial charge in [0.05, 0.1) is 0 Å². The highest BCUT2D eigenvalue weighted by atomic mass is 16.5. The summed E-state index contributed by atoms with van der Waals surface area (Å²) in [5, 5.41) is 0. The van der Waals surface area contributed by atoms with Crippen molar-refractivity contribution < 1.29 is 9.47 Å². The van der Waals surface area contributed by atoms with Crippen molar-refractivity contribution >= 4 is 0 Å². The average molecular weight is 248 g/mol. The minimum absolute atomic E-state index is 0.258. The first-order chi connectivity index (χ1) is 8.83. The van der Waals surface area contributed by atoms with Gasteiger partial charge < -0.3 is 15.2 Å². The summed E-state index contributed by atoms with van der Waals surface area (Å²) in [6, 6.07) is 4.44. The van der Waals surface area contributed by atoms with Crippen LogP contribution in [-0.4, -0.2) is 30.3 Å². The van der Waals surface area contributed by atoms with Crippen LogP contribution in [0.25, 0.3) is 0 Å². The predicted octanol–water partition coefficient (Wildman–Crippen LogP) is 1.84. The van der Waals surface area contributed by atoms with E-state index < -0.39 is 0 Å². The molecule has 0 amide bonds. The summed E-state index contributed by atoms with van der Waals surface area (Å²) < 4.78 is 11.4. The molecule has 1 aliphatic carbocycles. The van der Waals surface area contributed by atoms with Gasteiger partial charge in [-0.25, -0.2) is 4.98 Å². The third-order valence-corrected chi connectivity index (χ3v) is 3.87. The molecule has 98 valence electrons. The standard InChI is InChI=1S/C14H20N2O2/c15-11-8-12(9-11)18-14-13(2-1-5-16-14)10-3-6-17-7-4-10/h1-2,5,10-12H,3-4,6-9,15H2/t11-,12-. The zero-order valence-electron chi connectivity index (χ0n) is 10.5. The molecule has 18 heavy (non-hydrogen) atoms. The molecule has 4 heteroatoms. The third kappa shape index (κ3) is 2.49. The minimum atomic E-state index is 0.258. The quantitative estimate of drug-likeness (QED) is 0.886. The van der Waals surface area contributed by atoms with E-state index in [0.717, 1.165) is 44.8 Å². The topological polar surface area (TPSA) is 57.4 Å². The second kappa shape index (κ2) is 5.24. The van der Waals surface area contributed by atoms with E-state index in [2.05, 4.69) is 11.1 Å². The average Bonchev–Trinajstić information content (AvgIpc) is 2.39. The van der Waals surface area contributed by atoms with Crippen LogP contribution in [0.2, 0.25) is 0 Å². The van der Waals surface area contributed by atoms with Crippen LogP contribution in [-0.2, 0) is 4.74 Å². The maximum atomic E-state index is 5.97. The second-order valence-electron chi connectivity index (χ2n) is 5.26. The van der Waals surface area contributed by atoms with Gasteiger partial charge in [-0.15, -0.1) is 0 Å². The lowest BCUT2D eigenvalue weighted by molar-refractivity contribution is 0.0778. The van der Waals surface area contributed by atoms with Crippen molar-refractivity contribution in [1.29, 1.82) is 0 Å². The first kappa shape index (κ1) is 11.9. The van der Waals surface area contributed by atoms with Gasteiger partial charge in [-0.2, -0.15) is 0 Å². The van der Waals surface area contributed by atoms with Crippen molar-refractivity contribution in [3.63, 3.8) is 0 Å². The van der Waals surface area contributed by atoms with E-state index in [1.165, 1.54) is 5.56 Å². The summed E-state index contributed by atoms with van der Waals surface area (Å²) in [7, 11) is 0. The van der Waals surface area contributed by atoms with Gasteiger partial charge in [0.25, 0.3) is 0 Å². The van der Waals surface area contributed by atoms with Crippen LogP contribution >= 0.6 is 0 Å². The van der Waals surface area contributed by atoms with Crippen LogP contribution in [0.15, 0.2) is 18.3 Å². The van der Waals surface area contributed by atoms with Crippen LogP contribution in [0, 0.1) is 0 Å². The summed E-state index contributed by atoms with van der Waals surface area (Å²) in [5.41, 5.74) is 7.02. The molecule has 0 bridgehead atoms. The largest absolute Gasteiger partial charge is 0.474 e. The number of rotatable bonds is 3. The van der Waals surface area contributed by atoms with Crippen molar-refractivity contribution in [3.05, 3.63) is 23.9 Å². The highest BCUT2D eigenvalue weighted by Gasteiger charge is 2.29. The van der Waals surface area contributed by atoms with Crippen molar-refractivity contribution in [1.82, 2.24) is 4.98 Å². The molecule has 0 atom stereocenters. The van der Waals surface area contributed by atoms with Crippen LogP contribution < -0.4 is 10.5 Å². The molecule has 1 aromatic rings. The Morgan fingerprint density at radius 2 is 2.06 bits per heavy atom. The van der Waals surface area contributed by atoms with Crippen molar-refractivity contribution in [2.45, 2.75) is 43.7 Å². The molecular weight excluding hydrogens is 228 g/mol. The highest BCUT2D eigenvalue weighted by Crippen LogP contribution is 2.34. The summed E-state index contributed by atoms with van der Waals surface area (Å²) >= 11 is 0. The number of hydrogen-bond acceptors (Lipinski definition) is 4. The van der Waals surface area contributed by atoms with Crippen LogP contribution in [0.4, 0.5) is 0 Å². The van der Waals surface area contributed by atoms with Gasteiger partial charge in [0.2, 0.25) is 5.88 Å². The van der Waals surface area contributed by atoms with E-state index in [1.54, 1.807) is 6.20 Å². The molecule has 1 aromatic heterocycles. The Morgan fingerprint density at radius 3 is 2.78 bits per heavy atom. The Kier molecular flexibility index (Phi) is 3.48. The Bertz CT molecular complexity index is 399. The van der Waals surface area contributed by atoms with E-state index >= 15 is 0 Å². The van der Waals surface area contributed by atoms with Gasteiger partial charge in [0.1, 0.15) is 6.10 Å². The summed E-state index contributed by atoms with van der Waals surface area (Å²) in [5.74, 6) is 1.33. The predicted molar refractivity (Wildman–Crippen MR) is 68.7 cm³/mol. The molecular formula is C14H20N2O2. The Labute approximate surface area is 107 Å². The zero-order chi connectivity index (χ0) is 12.4. The maximum Gasteiger partial charge on any atom is 0.217 e. The second-order valence-corrected chi connectivity index (χ2v) is 5.26. The van der Waals surface area contributed by atoms with Gasteiger partial charge in [-0.3, -0.25) is 0 Å². The zero-order valence-corrected chi connectivity index (χ0v) is 10.5. The molecule has 0 unspecified atom stereocenters. The molecule has 3 rings (SSSR count). The van der Waals surface area contributed by atoms with Gasteiger partial charge in [0, 0.05) is 31.0 Å². The fourth-order valence-corrected chi connectivity index (χ4v) is 2.68. The fraction of sp³-hybridized carbons (Fsp3) is 0.643. The maximum absolute atomic E-state index is 5.97. The normalized spacial score (nSPS) is 28.7. The van der Waals surface area contributed by atoms with Crippen molar-refractivity contribution in [2.75, 3.05) is 13.2 Å². The van der Waals surface area contributed by atoms with E-state index in [0.29, 0.717) is 12.0 Å². The van der Waals surface area contributed by atoms with Gasteiger partial charge in [-0.05, 0) is 37.7 Å². The van der Waals surface area contributed by atoms with Crippen LogP contribution in [0.3, 0.4) is 0 Å². The molecule has 1 saturated carbocycles. The van der Waals surface area contributed by atoms with Gasteiger partial charge >= 0.3 is 0 Å². The van der Waals surface area contributed by atoms with E-state index in [4.69, 9.17) is 15.2 Å². The summed E-state index contributed by atoms with van der Waals surface area (Å²) in [6.07, 6.45) is 6.08. The van der Waals surface area contributed by atoms with Crippen LogP contribution in [0.5, 0.6) is 5.88 Å². The molecule has 2 aliphatic rings. The van der Waals surface area contributed by atoms with E-state index in [1.807, 2.05) is 6.07 Å².